The molecule has 0 N–H and O–H groups in total. The van der Waals surface area contributed by atoms with Crippen LogP contribution < -0.4 is 0 Å². The largest absolute Gasteiger partial charge is 0.392 e. The van der Waals surface area contributed by atoms with Crippen molar-refractivity contribution in [3.63, 3.8) is 0 Å². The van der Waals surface area contributed by atoms with E-state index < -0.39 is 10.8 Å². The number of carbonyl (C=O) groups is 2. The summed E-state index contributed by atoms with van der Waals surface area (Å²) >= 11 is 0. The van der Waals surface area contributed by atoms with Gasteiger partial charge in [-0.2, -0.15) is 0 Å². The van der Waals surface area contributed by atoms with Crippen LogP contribution in [0, 0.1) is 11.3 Å². The molecule has 1 saturated heterocycles. The van der Waals surface area contributed by atoms with Gasteiger partial charge >= 0.3 is 11.9 Å². The predicted octanol–water partition coefficient (Wildman–Crippen LogP) is 2.54. The molecule has 3 nitrogen and oxygen atoms in total. The summed E-state index contributed by atoms with van der Waals surface area (Å²) in [7, 11) is 0. The van der Waals surface area contributed by atoms with Crippen molar-refractivity contribution in [2.75, 3.05) is 0 Å². The zero-order valence-electron chi connectivity index (χ0n) is 11.4. The maximum Gasteiger partial charge on any atom is 0.326 e. The molecule has 3 atom stereocenters. The summed E-state index contributed by atoms with van der Waals surface area (Å²) in [5.41, 5.74) is 0.677. The minimum atomic E-state index is -0.812. The summed E-state index contributed by atoms with van der Waals surface area (Å²) in [5, 5.41) is 0. The van der Waals surface area contributed by atoms with Crippen molar-refractivity contribution in [2.24, 2.45) is 11.3 Å². The van der Waals surface area contributed by atoms with Crippen molar-refractivity contribution < 1.29 is 14.3 Å². The molecule has 1 heterocycles. The van der Waals surface area contributed by atoms with Gasteiger partial charge < -0.3 is 4.74 Å². The number of cyclic esters (lactones) is 2. The number of allylic oxidation sites excluding steroid dienone is 2. The Hall–Kier alpha value is -1.90. The van der Waals surface area contributed by atoms with Gasteiger partial charge in [-0.1, -0.05) is 43.3 Å². The number of benzene rings is 1. The number of rotatable bonds is 0. The van der Waals surface area contributed by atoms with Crippen molar-refractivity contribution in [3.8, 4) is 0 Å². The van der Waals surface area contributed by atoms with E-state index >= 15 is 0 Å². The van der Waals surface area contributed by atoms with Crippen LogP contribution in [0.25, 0.3) is 0 Å². The molecule has 2 aliphatic carbocycles. The molecule has 0 amide bonds. The SMILES string of the molecule is C[C@H]1C=CC[C@]23CCc4ccccc4[C@]12C(=O)OC3=O. The first-order valence-corrected chi connectivity index (χ1v) is 7.15. The number of hydrogen-bond acceptors (Lipinski definition) is 3. The van der Waals surface area contributed by atoms with Crippen LogP contribution in [0.1, 0.15) is 30.9 Å². The number of carbonyl (C=O) groups excluding carboxylic acids is 2. The molecule has 0 spiro atoms. The maximum absolute atomic E-state index is 12.7. The lowest BCUT2D eigenvalue weighted by molar-refractivity contribution is -0.155. The number of esters is 2. The van der Waals surface area contributed by atoms with E-state index in [1.165, 1.54) is 5.56 Å². The Labute approximate surface area is 117 Å². The van der Waals surface area contributed by atoms with E-state index in [1.807, 2.05) is 31.2 Å². The minimum absolute atomic E-state index is 0.0170. The molecule has 3 aliphatic rings. The third kappa shape index (κ3) is 1.05. The summed E-state index contributed by atoms with van der Waals surface area (Å²) in [5.74, 6) is -0.698. The lowest BCUT2D eigenvalue weighted by Gasteiger charge is -2.49. The standard InChI is InChI=1S/C17H16O3/c1-11-5-4-9-16-10-8-12-6-2-3-7-13(12)17(11,16)15(19)20-14(16)18/h2-7,11H,8-10H2,1H3/t11-,16+,17-/m0/s1. The lowest BCUT2D eigenvalue weighted by atomic mass is 9.48. The van der Waals surface area contributed by atoms with E-state index in [4.69, 9.17) is 4.74 Å². The average molecular weight is 268 g/mol. The zero-order valence-corrected chi connectivity index (χ0v) is 11.4. The molecule has 0 bridgehead atoms. The molecule has 1 aliphatic heterocycles. The summed E-state index contributed by atoms with van der Waals surface area (Å²) in [6.45, 7) is 2.02. The average Bonchev–Trinajstić information content (AvgIpc) is 2.69. The van der Waals surface area contributed by atoms with Gasteiger partial charge in [-0.3, -0.25) is 9.59 Å². The number of ether oxygens (including phenoxy) is 1. The van der Waals surface area contributed by atoms with Gasteiger partial charge in [0.05, 0.1) is 5.41 Å². The molecule has 4 rings (SSSR count). The summed E-state index contributed by atoms with van der Waals surface area (Å²) < 4.78 is 5.15. The molecule has 20 heavy (non-hydrogen) atoms. The van der Waals surface area contributed by atoms with E-state index in [0.717, 1.165) is 12.0 Å². The summed E-state index contributed by atoms with van der Waals surface area (Å²) in [6.07, 6.45) is 6.23. The Kier molecular flexibility index (Phi) is 2.14. The van der Waals surface area contributed by atoms with E-state index in [1.54, 1.807) is 0 Å². The Morgan fingerprint density at radius 1 is 1.20 bits per heavy atom. The maximum atomic E-state index is 12.7. The number of fused-ring (bicyclic) bond motifs is 1. The van der Waals surface area contributed by atoms with Crippen LogP contribution in [0.2, 0.25) is 0 Å². The molecular formula is C17H16O3. The Morgan fingerprint density at radius 3 is 2.85 bits per heavy atom. The van der Waals surface area contributed by atoms with Crippen LogP contribution in [0.5, 0.6) is 0 Å². The van der Waals surface area contributed by atoms with Gasteiger partial charge in [0.15, 0.2) is 0 Å². The molecule has 1 aromatic rings. The van der Waals surface area contributed by atoms with Crippen molar-refractivity contribution in [1.82, 2.24) is 0 Å². The number of aryl methyl sites for hydroxylation is 1. The first-order chi connectivity index (χ1) is 9.63. The quantitative estimate of drug-likeness (QED) is 0.412. The molecule has 1 fully saturated rings. The van der Waals surface area contributed by atoms with Crippen molar-refractivity contribution in [2.45, 2.75) is 31.6 Å². The highest BCUT2D eigenvalue weighted by atomic mass is 16.6. The molecule has 0 unspecified atom stereocenters. The van der Waals surface area contributed by atoms with Gasteiger partial charge in [0, 0.05) is 0 Å². The van der Waals surface area contributed by atoms with Gasteiger partial charge in [-0.15, -0.1) is 0 Å². The van der Waals surface area contributed by atoms with Gasteiger partial charge in [-0.25, -0.2) is 0 Å². The second kappa shape index (κ2) is 3.60. The van der Waals surface area contributed by atoms with Gasteiger partial charge in [0.25, 0.3) is 0 Å². The third-order valence-corrected chi connectivity index (χ3v) is 5.49. The molecule has 0 radical (unpaired) electrons. The van der Waals surface area contributed by atoms with Crippen LogP contribution in [-0.2, 0) is 26.2 Å². The van der Waals surface area contributed by atoms with E-state index in [0.29, 0.717) is 12.8 Å². The van der Waals surface area contributed by atoms with Gasteiger partial charge in [0.1, 0.15) is 5.41 Å². The Balaban J connectivity index is 2.10. The highest BCUT2D eigenvalue weighted by Crippen LogP contribution is 2.62. The van der Waals surface area contributed by atoms with Crippen LogP contribution in [-0.4, -0.2) is 11.9 Å². The summed E-state index contributed by atoms with van der Waals surface area (Å²) in [4.78, 5) is 25.1. The molecule has 1 aromatic carbocycles. The van der Waals surface area contributed by atoms with Crippen LogP contribution in [0.4, 0.5) is 0 Å². The van der Waals surface area contributed by atoms with E-state index in [-0.39, 0.29) is 17.9 Å². The van der Waals surface area contributed by atoms with Gasteiger partial charge in [-0.05, 0) is 36.3 Å². The lowest BCUT2D eigenvalue weighted by Crippen LogP contribution is -2.56. The predicted molar refractivity (Wildman–Crippen MR) is 72.9 cm³/mol. The highest BCUT2D eigenvalue weighted by molar-refractivity contribution is 6.06. The minimum Gasteiger partial charge on any atom is -0.392 e. The fraction of sp³-hybridized carbons (Fsp3) is 0.412. The third-order valence-electron chi connectivity index (χ3n) is 5.49. The molecule has 3 heteroatoms. The second-order valence-corrected chi connectivity index (χ2v) is 6.15. The zero-order chi connectivity index (χ0) is 14.0. The smallest absolute Gasteiger partial charge is 0.326 e. The van der Waals surface area contributed by atoms with Crippen LogP contribution >= 0.6 is 0 Å². The Bertz CT molecular complexity index is 660. The fourth-order valence-electron chi connectivity index (χ4n) is 4.59. The summed E-state index contributed by atoms with van der Waals surface area (Å²) in [6, 6.07) is 8.01. The number of hydrogen-bond donors (Lipinski definition) is 0. The van der Waals surface area contributed by atoms with E-state index in [2.05, 4.69) is 12.1 Å². The van der Waals surface area contributed by atoms with Crippen molar-refractivity contribution >= 4 is 11.9 Å². The highest BCUT2D eigenvalue weighted by Gasteiger charge is 2.72. The van der Waals surface area contributed by atoms with Crippen molar-refractivity contribution in [1.29, 1.82) is 0 Å². The monoisotopic (exact) mass is 268 g/mol. The molecule has 102 valence electrons. The fourth-order valence-corrected chi connectivity index (χ4v) is 4.59. The second-order valence-electron chi connectivity index (χ2n) is 6.15. The van der Waals surface area contributed by atoms with E-state index in [9.17, 15) is 9.59 Å². The Morgan fingerprint density at radius 2 is 2.00 bits per heavy atom. The normalized spacial score (nSPS) is 38.0. The topological polar surface area (TPSA) is 43.4 Å². The first-order valence-electron chi connectivity index (χ1n) is 7.15. The molecule has 0 aromatic heterocycles. The van der Waals surface area contributed by atoms with Crippen LogP contribution in [0.15, 0.2) is 36.4 Å². The first kappa shape index (κ1) is 11.9. The van der Waals surface area contributed by atoms with Gasteiger partial charge in [0.2, 0.25) is 0 Å². The molecular weight excluding hydrogens is 252 g/mol. The molecule has 0 saturated carbocycles. The van der Waals surface area contributed by atoms with Crippen LogP contribution in [0.3, 0.4) is 0 Å². The van der Waals surface area contributed by atoms with Crippen molar-refractivity contribution in [3.05, 3.63) is 47.5 Å².